The van der Waals surface area contributed by atoms with Crippen LogP contribution >= 0.6 is 0 Å². The molecule has 0 radical (unpaired) electrons. The highest BCUT2D eigenvalue weighted by atomic mass is 16.6. The van der Waals surface area contributed by atoms with Gasteiger partial charge in [0.2, 0.25) is 0 Å². The summed E-state index contributed by atoms with van der Waals surface area (Å²) < 4.78 is 5.11. The van der Waals surface area contributed by atoms with Crippen molar-refractivity contribution in [3.63, 3.8) is 0 Å². The number of nitrogens with zero attached hydrogens (tertiary/aromatic N) is 4. The Morgan fingerprint density at radius 2 is 1.86 bits per heavy atom. The first-order valence-corrected chi connectivity index (χ1v) is 10.4. The summed E-state index contributed by atoms with van der Waals surface area (Å²) in [7, 11) is 0. The topological polar surface area (TPSA) is 70.6 Å². The Bertz CT molecular complexity index is 789. The number of piperazine rings is 1. The molecular formula is C22H31N5O2. The van der Waals surface area contributed by atoms with Gasteiger partial charge < -0.3 is 19.9 Å². The maximum absolute atomic E-state index is 12.0. The van der Waals surface area contributed by atoms with Gasteiger partial charge in [-0.3, -0.25) is 0 Å². The molecule has 29 heavy (non-hydrogen) atoms. The predicted molar refractivity (Wildman–Crippen MR) is 116 cm³/mol. The normalized spacial score (nSPS) is 14.2. The van der Waals surface area contributed by atoms with Gasteiger partial charge in [0, 0.05) is 44.4 Å². The maximum Gasteiger partial charge on any atom is 0.409 e. The number of hydrogen-bond acceptors (Lipinski definition) is 6. The van der Waals surface area contributed by atoms with Crippen LogP contribution in [0.25, 0.3) is 11.4 Å². The molecule has 1 amide bonds. The number of carbonyl (C=O) groups excluding carboxylic acids is 1. The van der Waals surface area contributed by atoms with Crippen LogP contribution in [-0.4, -0.2) is 60.3 Å². The molecule has 2 heterocycles. The molecule has 3 rings (SSSR count). The van der Waals surface area contributed by atoms with Gasteiger partial charge >= 0.3 is 6.09 Å². The molecular weight excluding hydrogens is 366 g/mol. The number of rotatable bonds is 7. The third-order valence-electron chi connectivity index (χ3n) is 4.90. The average Bonchev–Trinajstić information content (AvgIpc) is 2.74. The van der Waals surface area contributed by atoms with Crippen LogP contribution in [0.15, 0.2) is 36.4 Å². The number of anilines is 2. The highest BCUT2D eigenvalue weighted by Gasteiger charge is 2.23. The van der Waals surface area contributed by atoms with Crippen molar-refractivity contribution in [2.45, 2.75) is 27.2 Å². The lowest BCUT2D eigenvalue weighted by Crippen LogP contribution is -2.49. The molecule has 0 unspecified atom stereocenters. The SMILES string of the molecule is CCOC(=O)N1CCN(c2cc(NCCC(C)C)nc(-c3ccccc3)n2)CC1. The lowest BCUT2D eigenvalue weighted by molar-refractivity contribution is 0.105. The highest BCUT2D eigenvalue weighted by molar-refractivity contribution is 5.68. The molecule has 0 bridgehead atoms. The Balaban J connectivity index is 1.77. The van der Waals surface area contributed by atoms with Crippen molar-refractivity contribution in [2.24, 2.45) is 5.92 Å². The summed E-state index contributed by atoms with van der Waals surface area (Å²) in [5.74, 6) is 3.06. The van der Waals surface area contributed by atoms with Gasteiger partial charge in [-0.2, -0.15) is 0 Å². The third kappa shape index (κ3) is 5.82. The van der Waals surface area contributed by atoms with Crippen molar-refractivity contribution < 1.29 is 9.53 Å². The van der Waals surface area contributed by atoms with Crippen molar-refractivity contribution in [3.05, 3.63) is 36.4 Å². The van der Waals surface area contributed by atoms with Gasteiger partial charge in [0.15, 0.2) is 5.82 Å². The van der Waals surface area contributed by atoms with Crippen molar-refractivity contribution in [3.8, 4) is 11.4 Å². The first kappa shape index (κ1) is 20.9. The fourth-order valence-electron chi connectivity index (χ4n) is 3.23. The second kappa shape index (κ2) is 10.1. The Morgan fingerprint density at radius 3 is 2.52 bits per heavy atom. The Kier molecular flexibility index (Phi) is 7.27. The quantitative estimate of drug-likeness (QED) is 0.765. The largest absolute Gasteiger partial charge is 0.450 e. The molecule has 1 aliphatic heterocycles. The molecule has 0 saturated carbocycles. The Morgan fingerprint density at radius 1 is 1.14 bits per heavy atom. The van der Waals surface area contributed by atoms with Crippen LogP contribution in [0, 0.1) is 5.92 Å². The van der Waals surface area contributed by atoms with Crippen LogP contribution in [0.1, 0.15) is 27.2 Å². The number of hydrogen-bond donors (Lipinski definition) is 1. The van der Waals surface area contributed by atoms with E-state index >= 15 is 0 Å². The molecule has 1 fully saturated rings. The van der Waals surface area contributed by atoms with Crippen LogP contribution in [0.2, 0.25) is 0 Å². The van der Waals surface area contributed by atoms with Gasteiger partial charge in [-0.05, 0) is 19.3 Å². The first-order chi connectivity index (χ1) is 14.1. The molecule has 1 saturated heterocycles. The van der Waals surface area contributed by atoms with Gasteiger partial charge in [0.05, 0.1) is 6.61 Å². The fraction of sp³-hybridized carbons (Fsp3) is 0.500. The lowest BCUT2D eigenvalue weighted by Gasteiger charge is -2.35. The van der Waals surface area contributed by atoms with Crippen LogP contribution in [0.4, 0.5) is 16.4 Å². The van der Waals surface area contributed by atoms with Gasteiger partial charge in [-0.1, -0.05) is 44.2 Å². The van der Waals surface area contributed by atoms with E-state index in [9.17, 15) is 4.79 Å². The number of aromatic nitrogens is 2. The number of benzene rings is 1. The molecule has 2 aromatic rings. The third-order valence-corrected chi connectivity index (χ3v) is 4.90. The lowest BCUT2D eigenvalue weighted by atomic mass is 10.1. The molecule has 1 aromatic carbocycles. The first-order valence-electron chi connectivity index (χ1n) is 10.4. The number of amides is 1. The number of nitrogens with one attached hydrogen (secondary N) is 1. The van der Waals surface area contributed by atoms with E-state index in [2.05, 4.69) is 24.1 Å². The van der Waals surface area contributed by atoms with E-state index in [0.717, 1.165) is 43.3 Å². The van der Waals surface area contributed by atoms with Crippen LogP contribution in [0.3, 0.4) is 0 Å². The standard InChI is InChI=1S/C22H31N5O2/c1-4-29-22(28)27-14-12-26(13-15-27)20-16-19(23-11-10-17(2)3)24-21(25-20)18-8-6-5-7-9-18/h5-9,16-17H,4,10-15H2,1-3H3,(H,23,24,25). The minimum absolute atomic E-state index is 0.240. The van der Waals surface area contributed by atoms with E-state index in [-0.39, 0.29) is 6.09 Å². The molecule has 0 aliphatic carbocycles. The summed E-state index contributed by atoms with van der Waals surface area (Å²) in [5, 5.41) is 3.45. The van der Waals surface area contributed by atoms with Crippen LogP contribution < -0.4 is 10.2 Å². The Labute approximate surface area is 173 Å². The van der Waals surface area contributed by atoms with Crippen molar-refractivity contribution in [1.29, 1.82) is 0 Å². The molecule has 0 spiro atoms. The predicted octanol–water partition coefficient (Wildman–Crippen LogP) is 3.88. The highest BCUT2D eigenvalue weighted by Crippen LogP contribution is 2.23. The molecule has 1 N–H and O–H groups in total. The van der Waals surface area contributed by atoms with Crippen molar-refractivity contribution in [2.75, 3.05) is 49.5 Å². The molecule has 1 aromatic heterocycles. The molecule has 156 valence electrons. The summed E-state index contributed by atoms with van der Waals surface area (Å²) in [5.41, 5.74) is 0.992. The molecule has 1 aliphatic rings. The average molecular weight is 398 g/mol. The summed E-state index contributed by atoms with van der Waals surface area (Å²) in [6.45, 7) is 10.2. The molecule has 7 heteroatoms. The summed E-state index contributed by atoms with van der Waals surface area (Å²) in [6, 6.07) is 12.0. The van der Waals surface area contributed by atoms with E-state index in [0.29, 0.717) is 31.4 Å². The molecule has 7 nitrogen and oxygen atoms in total. The minimum atomic E-state index is -0.240. The number of carbonyl (C=O) groups is 1. The maximum atomic E-state index is 12.0. The fourth-order valence-corrected chi connectivity index (χ4v) is 3.23. The molecule has 0 atom stereocenters. The van der Waals surface area contributed by atoms with Gasteiger partial charge in [-0.25, -0.2) is 14.8 Å². The zero-order chi connectivity index (χ0) is 20.6. The van der Waals surface area contributed by atoms with E-state index in [1.54, 1.807) is 4.90 Å². The van der Waals surface area contributed by atoms with E-state index in [1.165, 1.54) is 0 Å². The van der Waals surface area contributed by atoms with E-state index in [4.69, 9.17) is 14.7 Å². The van der Waals surface area contributed by atoms with E-state index in [1.807, 2.05) is 43.3 Å². The smallest absolute Gasteiger partial charge is 0.409 e. The van der Waals surface area contributed by atoms with Gasteiger partial charge in [-0.15, -0.1) is 0 Å². The second-order valence-electron chi connectivity index (χ2n) is 7.58. The number of ether oxygens (including phenoxy) is 1. The zero-order valence-corrected chi connectivity index (χ0v) is 17.6. The van der Waals surface area contributed by atoms with Crippen LogP contribution in [-0.2, 0) is 4.74 Å². The summed E-state index contributed by atoms with van der Waals surface area (Å²) >= 11 is 0. The Hall–Kier alpha value is -2.83. The summed E-state index contributed by atoms with van der Waals surface area (Å²) in [4.78, 5) is 25.5. The zero-order valence-electron chi connectivity index (χ0n) is 17.6. The minimum Gasteiger partial charge on any atom is -0.450 e. The summed E-state index contributed by atoms with van der Waals surface area (Å²) in [6.07, 6.45) is 0.842. The van der Waals surface area contributed by atoms with Gasteiger partial charge in [0.25, 0.3) is 0 Å². The van der Waals surface area contributed by atoms with Crippen molar-refractivity contribution >= 4 is 17.7 Å². The monoisotopic (exact) mass is 397 g/mol. The van der Waals surface area contributed by atoms with Gasteiger partial charge in [0.1, 0.15) is 11.6 Å². The van der Waals surface area contributed by atoms with Crippen LogP contribution in [0.5, 0.6) is 0 Å². The second-order valence-corrected chi connectivity index (χ2v) is 7.58. The van der Waals surface area contributed by atoms with E-state index < -0.39 is 0 Å². The van der Waals surface area contributed by atoms with Crippen molar-refractivity contribution in [1.82, 2.24) is 14.9 Å².